The van der Waals surface area contributed by atoms with Gasteiger partial charge in [-0.3, -0.25) is 19.6 Å². The summed E-state index contributed by atoms with van der Waals surface area (Å²) in [7, 11) is 0. The SMILES string of the molecule is CCC(CC)NC(=O)c1ccc(NC(=O)c2n[nH]c3ccc(-c4cc(CN5CCCCC5)cc(F)c4F)cc23)cn1. The molecule has 0 aliphatic carbocycles. The number of hydrogen-bond donors (Lipinski definition) is 3. The van der Waals surface area contributed by atoms with Crippen LogP contribution in [0.5, 0.6) is 0 Å². The average molecular weight is 561 g/mol. The number of nitrogens with zero attached hydrogens (tertiary/aromatic N) is 3. The normalized spacial score (nSPS) is 14.0. The van der Waals surface area contributed by atoms with Crippen molar-refractivity contribution in [2.24, 2.45) is 0 Å². The van der Waals surface area contributed by atoms with Crippen molar-refractivity contribution >= 4 is 28.4 Å². The topological polar surface area (TPSA) is 103 Å². The van der Waals surface area contributed by atoms with Crippen molar-refractivity contribution in [3.8, 4) is 11.1 Å². The van der Waals surface area contributed by atoms with Gasteiger partial charge in [0.2, 0.25) is 0 Å². The Morgan fingerprint density at radius 3 is 2.49 bits per heavy atom. The van der Waals surface area contributed by atoms with Crippen LogP contribution in [0.1, 0.15) is 72.5 Å². The molecular weight excluding hydrogens is 526 g/mol. The number of piperidine rings is 1. The smallest absolute Gasteiger partial charge is 0.276 e. The third-order valence-electron chi connectivity index (χ3n) is 7.61. The quantitative estimate of drug-likeness (QED) is 0.231. The zero-order chi connectivity index (χ0) is 28.9. The van der Waals surface area contributed by atoms with E-state index in [1.807, 2.05) is 13.8 Å². The van der Waals surface area contributed by atoms with E-state index >= 15 is 0 Å². The number of anilines is 1. The van der Waals surface area contributed by atoms with Crippen LogP contribution in [0.2, 0.25) is 0 Å². The highest BCUT2D eigenvalue weighted by Gasteiger charge is 2.20. The molecule has 3 heterocycles. The Kier molecular flexibility index (Phi) is 8.68. The standard InChI is InChI=1S/C31H34F2N6O2/c1-3-21(4-2)35-30(40)27-11-9-22(17-34-27)36-31(41)29-24-16-20(8-10-26(24)37-38-29)23-14-19(15-25(32)28(23)33)18-39-12-6-5-7-13-39/h8-11,14-17,21H,3-7,12-13,18H2,1-2H3,(H,35,40)(H,36,41)(H,37,38). The summed E-state index contributed by atoms with van der Waals surface area (Å²) in [5.41, 5.74) is 2.60. The van der Waals surface area contributed by atoms with Gasteiger partial charge in [-0.15, -0.1) is 0 Å². The molecule has 1 aliphatic rings. The van der Waals surface area contributed by atoms with Crippen LogP contribution in [0.25, 0.3) is 22.0 Å². The van der Waals surface area contributed by atoms with Gasteiger partial charge in [0, 0.05) is 23.5 Å². The number of carbonyl (C=O) groups excluding carboxylic acids is 2. The largest absolute Gasteiger partial charge is 0.348 e. The maximum absolute atomic E-state index is 15.0. The minimum absolute atomic E-state index is 0.0728. The van der Waals surface area contributed by atoms with Crippen LogP contribution < -0.4 is 10.6 Å². The number of aromatic amines is 1. The fraction of sp³-hybridized carbons (Fsp3) is 0.355. The van der Waals surface area contributed by atoms with Crippen molar-refractivity contribution in [3.05, 3.63) is 77.2 Å². The van der Waals surface area contributed by atoms with E-state index in [-0.39, 0.29) is 28.9 Å². The summed E-state index contributed by atoms with van der Waals surface area (Å²) in [6, 6.07) is 11.2. The van der Waals surface area contributed by atoms with Gasteiger partial charge < -0.3 is 10.6 Å². The van der Waals surface area contributed by atoms with Crippen LogP contribution in [0, 0.1) is 11.6 Å². The maximum Gasteiger partial charge on any atom is 0.276 e. The highest BCUT2D eigenvalue weighted by Crippen LogP contribution is 2.30. The number of aromatic nitrogens is 3. The van der Waals surface area contributed by atoms with Gasteiger partial charge in [-0.2, -0.15) is 5.10 Å². The van der Waals surface area contributed by atoms with Crippen molar-refractivity contribution in [2.45, 2.75) is 58.5 Å². The number of halogens is 2. The van der Waals surface area contributed by atoms with Crippen LogP contribution in [0.4, 0.5) is 14.5 Å². The first-order chi connectivity index (χ1) is 19.9. The minimum atomic E-state index is -0.930. The Hall–Kier alpha value is -4.18. The Labute approximate surface area is 237 Å². The lowest BCUT2D eigenvalue weighted by atomic mass is 9.99. The summed E-state index contributed by atoms with van der Waals surface area (Å²) in [5, 5.41) is 13.1. The molecule has 0 radical (unpaired) electrons. The van der Waals surface area contributed by atoms with E-state index in [2.05, 4.69) is 30.7 Å². The first-order valence-corrected chi connectivity index (χ1v) is 14.1. The van der Waals surface area contributed by atoms with E-state index in [9.17, 15) is 18.4 Å². The number of H-pyrrole nitrogens is 1. The highest BCUT2D eigenvalue weighted by molar-refractivity contribution is 6.11. The molecule has 0 saturated carbocycles. The Balaban J connectivity index is 1.35. The molecule has 2 amide bonds. The summed E-state index contributed by atoms with van der Waals surface area (Å²) >= 11 is 0. The molecule has 8 nitrogen and oxygen atoms in total. The molecule has 3 N–H and O–H groups in total. The number of benzene rings is 2. The molecule has 214 valence electrons. The predicted molar refractivity (Wildman–Crippen MR) is 155 cm³/mol. The van der Waals surface area contributed by atoms with Gasteiger partial charge in [0.25, 0.3) is 11.8 Å². The maximum atomic E-state index is 15.0. The van der Waals surface area contributed by atoms with Gasteiger partial charge in [-0.1, -0.05) is 26.3 Å². The van der Waals surface area contributed by atoms with Crippen molar-refractivity contribution < 1.29 is 18.4 Å². The second-order valence-corrected chi connectivity index (χ2v) is 10.5. The van der Waals surface area contributed by atoms with E-state index < -0.39 is 17.5 Å². The fourth-order valence-electron chi connectivity index (χ4n) is 5.22. The Bertz CT molecular complexity index is 1540. The van der Waals surface area contributed by atoms with E-state index in [0.29, 0.717) is 34.3 Å². The monoisotopic (exact) mass is 560 g/mol. The fourth-order valence-corrected chi connectivity index (χ4v) is 5.22. The van der Waals surface area contributed by atoms with Crippen LogP contribution >= 0.6 is 0 Å². The van der Waals surface area contributed by atoms with Crippen molar-refractivity contribution in [3.63, 3.8) is 0 Å². The van der Waals surface area contributed by atoms with Gasteiger partial charge in [0.1, 0.15) is 5.69 Å². The van der Waals surface area contributed by atoms with Crippen molar-refractivity contribution in [1.82, 2.24) is 25.4 Å². The molecule has 1 fully saturated rings. The van der Waals surface area contributed by atoms with E-state index in [4.69, 9.17) is 0 Å². The zero-order valence-corrected chi connectivity index (χ0v) is 23.3. The van der Waals surface area contributed by atoms with Gasteiger partial charge in [-0.05, 0) is 86.3 Å². The third-order valence-corrected chi connectivity index (χ3v) is 7.61. The molecule has 2 aromatic carbocycles. The molecule has 1 saturated heterocycles. The van der Waals surface area contributed by atoms with Gasteiger partial charge in [0.15, 0.2) is 17.3 Å². The molecule has 4 aromatic rings. The number of hydrogen-bond acceptors (Lipinski definition) is 5. The minimum Gasteiger partial charge on any atom is -0.348 e. The number of fused-ring (bicyclic) bond motifs is 1. The molecule has 5 rings (SSSR count). The first-order valence-electron chi connectivity index (χ1n) is 14.1. The molecule has 1 aliphatic heterocycles. The summed E-state index contributed by atoms with van der Waals surface area (Å²) in [6.45, 7) is 6.45. The van der Waals surface area contributed by atoms with Crippen LogP contribution in [0.15, 0.2) is 48.7 Å². The van der Waals surface area contributed by atoms with Crippen molar-refractivity contribution in [2.75, 3.05) is 18.4 Å². The molecule has 0 unspecified atom stereocenters. The van der Waals surface area contributed by atoms with Crippen molar-refractivity contribution in [1.29, 1.82) is 0 Å². The summed E-state index contributed by atoms with van der Waals surface area (Å²) in [4.78, 5) is 32.0. The number of pyridine rings is 1. The number of nitrogens with one attached hydrogen (secondary N) is 3. The molecule has 0 atom stereocenters. The molecule has 2 aromatic heterocycles. The number of amides is 2. The summed E-state index contributed by atoms with van der Waals surface area (Å²) in [6.07, 6.45) is 6.45. The third kappa shape index (κ3) is 6.43. The number of likely N-dealkylation sites (tertiary alicyclic amines) is 1. The lowest BCUT2D eigenvalue weighted by Gasteiger charge is -2.26. The lowest BCUT2D eigenvalue weighted by molar-refractivity contribution is 0.0929. The van der Waals surface area contributed by atoms with Crippen LogP contribution in [0.3, 0.4) is 0 Å². The van der Waals surface area contributed by atoms with Gasteiger partial charge in [0.05, 0.1) is 17.4 Å². The predicted octanol–water partition coefficient (Wildman–Crippen LogP) is 6.06. The number of carbonyl (C=O) groups is 2. The van der Waals surface area contributed by atoms with E-state index in [1.165, 1.54) is 18.7 Å². The highest BCUT2D eigenvalue weighted by atomic mass is 19.2. The molecule has 10 heteroatoms. The molecular formula is C31H34F2N6O2. The first kappa shape index (κ1) is 28.4. The average Bonchev–Trinajstić information content (AvgIpc) is 3.42. The van der Waals surface area contributed by atoms with E-state index in [0.717, 1.165) is 38.8 Å². The molecule has 0 bridgehead atoms. The van der Waals surface area contributed by atoms with Gasteiger partial charge >= 0.3 is 0 Å². The van der Waals surface area contributed by atoms with Gasteiger partial charge in [-0.25, -0.2) is 13.8 Å². The second-order valence-electron chi connectivity index (χ2n) is 10.5. The molecule has 41 heavy (non-hydrogen) atoms. The second kappa shape index (κ2) is 12.6. The number of rotatable bonds is 9. The zero-order valence-electron chi connectivity index (χ0n) is 23.3. The van der Waals surface area contributed by atoms with Crippen LogP contribution in [-0.2, 0) is 6.54 Å². The van der Waals surface area contributed by atoms with Crippen LogP contribution in [-0.4, -0.2) is 51.0 Å². The Morgan fingerprint density at radius 1 is 1.00 bits per heavy atom. The summed E-state index contributed by atoms with van der Waals surface area (Å²) < 4.78 is 29.6. The lowest BCUT2D eigenvalue weighted by Crippen LogP contribution is -2.34. The van der Waals surface area contributed by atoms with E-state index in [1.54, 1.807) is 36.4 Å². The molecule has 0 spiro atoms. The summed E-state index contributed by atoms with van der Waals surface area (Å²) in [5.74, 6) is -2.61. The Morgan fingerprint density at radius 2 is 1.78 bits per heavy atom.